The second-order valence-electron chi connectivity index (χ2n) is 7.92. The number of hydrogen-bond donors (Lipinski definition) is 0. The van der Waals surface area contributed by atoms with Gasteiger partial charge in [-0.05, 0) is 0 Å². The fourth-order valence-corrected chi connectivity index (χ4v) is 10.5. The Balaban J connectivity index is 1.81. The molecule has 6 heteroatoms. The Bertz CT molecular complexity index is 1080. The van der Waals surface area contributed by atoms with E-state index in [1.165, 1.54) is 25.7 Å². The van der Waals surface area contributed by atoms with Crippen LogP contribution in [0.5, 0.6) is 5.75 Å². The van der Waals surface area contributed by atoms with Gasteiger partial charge in [0.05, 0.1) is 0 Å². The summed E-state index contributed by atoms with van der Waals surface area (Å²) in [4.78, 5) is 0.178. The molecule has 3 aromatic carbocycles. The van der Waals surface area contributed by atoms with E-state index in [-0.39, 0.29) is 4.90 Å². The summed E-state index contributed by atoms with van der Waals surface area (Å²) >= 11 is -2.81. The molecule has 0 radical (unpaired) electrons. The molecule has 0 fully saturated rings. The molecule has 0 aliphatic heterocycles. The molecular formula is C27H33IO4S. The first-order valence-electron chi connectivity index (χ1n) is 11.5. The first-order chi connectivity index (χ1) is 16.0. The van der Waals surface area contributed by atoms with Crippen molar-refractivity contribution < 1.29 is 15.7 Å². The minimum absolute atomic E-state index is 0.178. The molecule has 33 heavy (non-hydrogen) atoms. The Kier molecular flexibility index (Phi) is 10.2. The van der Waals surface area contributed by atoms with Gasteiger partial charge in [0.25, 0.3) is 0 Å². The summed E-state index contributed by atoms with van der Waals surface area (Å²) in [5.41, 5.74) is 1.00. The maximum absolute atomic E-state index is 13.2. The Labute approximate surface area is 206 Å². The first-order valence-corrected chi connectivity index (χ1v) is 15.9. The SMILES string of the molecule is CCCCCCCCOc1ccccc1I(OS(=O)(=O)c1ccc(C)cc1)c1ccccc1. The van der Waals surface area contributed by atoms with Crippen molar-refractivity contribution in [2.24, 2.45) is 0 Å². The van der Waals surface area contributed by atoms with E-state index in [0.717, 1.165) is 31.3 Å². The molecule has 0 aromatic heterocycles. The van der Waals surface area contributed by atoms with Crippen LogP contribution in [0.2, 0.25) is 0 Å². The molecule has 0 amide bonds. The number of rotatable bonds is 13. The van der Waals surface area contributed by atoms with Crippen LogP contribution in [-0.4, -0.2) is 15.0 Å². The zero-order valence-electron chi connectivity index (χ0n) is 19.4. The van der Waals surface area contributed by atoms with E-state index < -0.39 is 30.4 Å². The molecule has 3 rings (SSSR count). The Hall–Kier alpha value is -1.90. The van der Waals surface area contributed by atoms with Gasteiger partial charge >= 0.3 is 207 Å². The summed E-state index contributed by atoms with van der Waals surface area (Å²) in [5, 5.41) is 0. The summed E-state index contributed by atoms with van der Waals surface area (Å²) < 4.78 is 40.3. The van der Waals surface area contributed by atoms with Crippen LogP contribution in [0, 0.1) is 14.1 Å². The van der Waals surface area contributed by atoms with Crippen molar-refractivity contribution >= 4 is 30.4 Å². The zero-order chi connectivity index (χ0) is 23.5. The number of halogens is 1. The van der Waals surface area contributed by atoms with Crippen LogP contribution in [0.25, 0.3) is 0 Å². The number of para-hydroxylation sites is 1. The van der Waals surface area contributed by atoms with E-state index >= 15 is 0 Å². The summed E-state index contributed by atoms with van der Waals surface area (Å²) in [7, 11) is -3.91. The van der Waals surface area contributed by atoms with E-state index in [0.29, 0.717) is 6.61 Å². The monoisotopic (exact) mass is 580 g/mol. The third-order valence-electron chi connectivity index (χ3n) is 5.16. The number of aryl methyl sites for hydroxylation is 1. The van der Waals surface area contributed by atoms with Gasteiger partial charge in [-0.1, -0.05) is 0 Å². The molecule has 0 heterocycles. The van der Waals surface area contributed by atoms with Crippen LogP contribution in [0.15, 0.2) is 83.8 Å². The minimum atomic E-state index is -3.91. The molecular weight excluding hydrogens is 547 g/mol. The quantitative estimate of drug-likeness (QED) is 0.154. The van der Waals surface area contributed by atoms with Gasteiger partial charge in [-0.3, -0.25) is 0 Å². The van der Waals surface area contributed by atoms with Crippen molar-refractivity contribution in [1.82, 2.24) is 0 Å². The molecule has 0 saturated heterocycles. The number of ether oxygens (including phenoxy) is 1. The number of hydrogen-bond acceptors (Lipinski definition) is 4. The van der Waals surface area contributed by atoms with Gasteiger partial charge in [-0.2, -0.15) is 0 Å². The van der Waals surface area contributed by atoms with Crippen LogP contribution in [-0.2, 0) is 12.6 Å². The zero-order valence-corrected chi connectivity index (χ0v) is 22.3. The molecule has 0 bridgehead atoms. The van der Waals surface area contributed by atoms with Gasteiger partial charge in [0.15, 0.2) is 0 Å². The molecule has 178 valence electrons. The summed E-state index contributed by atoms with van der Waals surface area (Å²) in [5.74, 6) is 0.721. The number of benzene rings is 3. The van der Waals surface area contributed by atoms with Crippen LogP contribution in [0.4, 0.5) is 0 Å². The summed E-state index contributed by atoms with van der Waals surface area (Å²) in [6.07, 6.45) is 7.13. The third-order valence-corrected chi connectivity index (χ3v) is 12.6. The normalized spacial score (nSPS) is 11.9. The van der Waals surface area contributed by atoms with Gasteiger partial charge in [-0.15, -0.1) is 0 Å². The van der Waals surface area contributed by atoms with Crippen molar-refractivity contribution in [2.45, 2.75) is 57.3 Å². The van der Waals surface area contributed by atoms with Crippen LogP contribution in [0.1, 0.15) is 51.0 Å². The van der Waals surface area contributed by atoms with Crippen molar-refractivity contribution in [3.63, 3.8) is 0 Å². The molecule has 4 nitrogen and oxygen atoms in total. The van der Waals surface area contributed by atoms with Crippen molar-refractivity contribution in [2.75, 3.05) is 6.61 Å². The topological polar surface area (TPSA) is 52.6 Å². The second kappa shape index (κ2) is 13.1. The Morgan fingerprint density at radius 2 is 1.39 bits per heavy atom. The molecule has 0 atom stereocenters. The fourth-order valence-electron chi connectivity index (χ4n) is 3.31. The molecule has 0 saturated carbocycles. The summed E-state index contributed by atoms with van der Waals surface area (Å²) in [6.45, 7) is 4.76. The van der Waals surface area contributed by atoms with Crippen molar-refractivity contribution in [3.05, 3.63) is 91.6 Å². The van der Waals surface area contributed by atoms with Gasteiger partial charge in [0.2, 0.25) is 0 Å². The molecule has 3 aromatic rings. The van der Waals surface area contributed by atoms with Crippen molar-refractivity contribution in [3.8, 4) is 5.75 Å². The van der Waals surface area contributed by atoms with E-state index in [9.17, 15) is 8.42 Å². The maximum atomic E-state index is 13.2. The van der Waals surface area contributed by atoms with Gasteiger partial charge < -0.3 is 0 Å². The summed E-state index contributed by atoms with van der Waals surface area (Å²) in [6, 6.07) is 24.1. The second-order valence-corrected chi connectivity index (χ2v) is 14.3. The predicted octanol–water partition coefficient (Wildman–Crippen LogP) is 7.60. The standard InChI is InChI=1S/C27H33IO4S/c1-3-4-5-6-7-13-22-31-27-17-12-11-16-26(27)28(24-14-9-8-10-15-24)32-33(29,30)25-20-18-23(2)19-21-25/h8-12,14-21H,3-7,13,22H2,1-2H3. The van der Waals surface area contributed by atoms with E-state index in [1.54, 1.807) is 24.3 Å². The first kappa shape index (κ1) is 25.7. The van der Waals surface area contributed by atoms with Crippen molar-refractivity contribution in [1.29, 1.82) is 0 Å². The van der Waals surface area contributed by atoms with E-state index in [4.69, 9.17) is 7.25 Å². The molecule has 0 N–H and O–H groups in total. The van der Waals surface area contributed by atoms with Gasteiger partial charge in [-0.25, -0.2) is 0 Å². The van der Waals surface area contributed by atoms with Gasteiger partial charge in [0.1, 0.15) is 0 Å². The average Bonchev–Trinajstić information content (AvgIpc) is 2.83. The molecule has 0 spiro atoms. The van der Waals surface area contributed by atoms with Crippen LogP contribution in [0.3, 0.4) is 0 Å². The van der Waals surface area contributed by atoms with E-state index in [1.807, 2.05) is 61.5 Å². The Morgan fingerprint density at radius 3 is 2.12 bits per heavy atom. The fraction of sp³-hybridized carbons (Fsp3) is 0.333. The van der Waals surface area contributed by atoms with E-state index in [2.05, 4.69) is 6.92 Å². The number of unbranched alkanes of at least 4 members (excludes halogenated alkanes) is 5. The average molecular weight is 581 g/mol. The van der Waals surface area contributed by atoms with Crippen LogP contribution >= 0.6 is 20.2 Å². The molecule has 0 aliphatic carbocycles. The van der Waals surface area contributed by atoms with Gasteiger partial charge in [0, 0.05) is 0 Å². The van der Waals surface area contributed by atoms with Crippen LogP contribution < -0.4 is 4.74 Å². The molecule has 0 unspecified atom stereocenters. The third kappa shape index (κ3) is 7.83. The Morgan fingerprint density at radius 1 is 0.758 bits per heavy atom. The predicted molar refractivity (Wildman–Crippen MR) is 143 cm³/mol. The molecule has 0 aliphatic rings.